The second-order valence-electron chi connectivity index (χ2n) is 9.27. The summed E-state index contributed by atoms with van der Waals surface area (Å²) in [4.78, 5) is 34.2. The molecule has 0 aliphatic carbocycles. The van der Waals surface area contributed by atoms with Crippen LogP contribution in [0.3, 0.4) is 0 Å². The van der Waals surface area contributed by atoms with Crippen molar-refractivity contribution >= 4 is 87.4 Å². The third-order valence-corrected chi connectivity index (χ3v) is 6.99. The zero-order valence-electron chi connectivity index (χ0n) is 21.5. The Morgan fingerprint density at radius 3 is 2.41 bits per heavy atom. The van der Waals surface area contributed by atoms with E-state index in [9.17, 15) is 9.59 Å². The standard InChI is InChI=1S/C27H26Cl3N5O3.ClH/c1-14-19(29)6-5-7-21(14)33-25(37)18-11-16(32-24(36)17-10-15(28)8-9-20(17)30)12-22-23(18)35-26(34-22)31-13-27(2,3)38-4;/h5-12H,13H2,1-4H3,(H,32,36)(H,33,37)(H2,31,34,35);1H. The number of carbonyl (C=O) groups excluding carboxylic acids is 2. The van der Waals surface area contributed by atoms with Crippen LogP contribution >= 0.6 is 47.2 Å². The number of fused-ring (bicyclic) bond motifs is 1. The fraction of sp³-hybridized carbons (Fsp3) is 0.222. The fourth-order valence-electron chi connectivity index (χ4n) is 3.62. The molecule has 0 aliphatic heterocycles. The molecule has 3 aromatic carbocycles. The zero-order valence-corrected chi connectivity index (χ0v) is 24.6. The van der Waals surface area contributed by atoms with Gasteiger partial charge >= 0.3 is 0 Å². The highest BCUT2D eigenvalue weighted by molar-refractivity contribution is 6.36. The van der Waals surface area contributed by atoms with Crippen LogP contribution < -0.4 is 16.0 Å². The van der Waals surface area contributed by atoms with Crippen molar-refractivity contribution < 1.29 is 14.3 Å². The van der Waals surface area contributed by atoms with Gasteiger partial charge in [0.05, 0.1) is 27.3 Å². The van der Waals surface area contributed by atoms with Gasteiger partial charge in [-0.05, 0) is 68.8 Å². The topological polar surface area (TPSA) is 108 Å². The van der Waals surface area contributed by atoms with Crippen LogP contribution in [0.1, 0.15) is 40.1 Å². The predicted molar refractivity (Wildman–Crippen MR) is 161 cm³/mol. The van der Waals surface area contributed by atoms with Gasteiger partial charge < -0.3 is 25.7 Å². The van der Waals surface area contributed by atoms with E-state index < -0.39 is 17.4 Å². The smallest absolute Gasteiger partial charge is 0.258 e. The van der Waals surface area contributed by atoms with Crippen LogP contribution in [0.4, 0.5) is 17.3 Å². The second-order valence-corrected chi connectivity index (χ2v) is 10.5. The number of ether oxygens (including phenoxy) is 1. The molecule has 4 aromatic rings. The number of amides is 2. The van der Waals surface area contributed by atoms with Gasteiger partial charge in [0, 0.05) is 35.1 Å². The molecular formula is C27H27Cl4N5O3. The lowest BCUT2D eigenvalue weighted by Gasteiger charge is -2.22. The predicted octanol–water partition coefficient (Wildman–Crippen LogP) is 7.59. The van der Waals surface area contributed by atoms with E-state index in [0.717, 1.165) is 5.56 Å². The molecule has 0 saturated carbocycles. The zero-order chi connectivity index (χ0) is 27.6. The molecule has 0 bridgehead atoms. The Morgan fingerprint density at radius 2 is 1.69 bits per heavy atom. The Bertz CT molecular complexity index is 1540. The highest BCUT2D eigenvalue weighted by atomic mass is 35.5. The lowest BCUT2D eigenvalue weighted by molar-refractivity contribution is 0.0342. The Labute approximate surface area is 247 Å². The number of H-pyrrole nitrogens is 1. The first-order valence-corrected chi connectivity index (χ1v) is 12.8. The van der Waals surface area contributed by atoms with Gasteiger partial charge in [-0.25, -0.2) is 4.98 Å². The molecule has 12 heteroatoms. The number of anilines is 3. The molecule has 0 atom stereocenters. The summed E-state index contributed by atoms with van der Waals surface area (Å²) in [7, 11) is 1.63. The van der Waals surface area contributed by atoms with Crippen molar-refractivity contribution in [1.82, 2.24) is 9.97 Å². The molecule has 1 aromatic heterocycles. The molecule has 0 saturated heterocycles. The fourth-order valence-corrected chi connectivity index (χ4v) is 4.17. The molecule has 206 valence electrons. The maximum Gasteiger partial charge on any atom is 0.258 e. The van der Waals surface area contributed by atoms with Gasteiger partial charge in [-0.1, -0.05) is 40.9 Å². The number of carbonyl (C=O) groups is 2. The molecule has 0 spiro atoms. The molecule has 8 nitrogen and oxygen atoms in total. The van der Waals surface area contributed by atoms with Crippen molar-refractivity contribution in [1.29, 1.82) is 0 Å². The average Bonchev–Trinajstić information content (AvgIpc) is 3.29. The lowest BCUT2D eigenvalue weighted by Crippen LogP contribution is -2.32. The number of nitrogens with zero attached hydrogens (tertiary/aromatic N) is 1. The Balaban J connectivity index is 0.00000420. The number of aromatic nitrogens is 2. The van der Waals surface area contributed by atoms with E-state index >= 15 is 0 Å². The Kier molecular flexibility index (Phi) is 9.74. The number of rotatable bonds is 8. The molecule has 0 aliphatic rings. The van der Waals surface area contributed by atoms with E-state index in [4.69, 9.17) is 39.5 Å². The summed E-state index contributed by atoms with van der Waals surface area (Å²) in [5.74, 6) is -0.458. The molecule has 0 radical (unpaired) electrons. The molecule has 2 amide bonds. The lowest BCUT2D eigenvalue weighted by atomic mass is 10.1. The van der Waals surface area contributed by atoms with E-state index in [-0.39, 0.29) is 28.6 Å². The number of benzene rings is 3. The van der Waals surface area contributed by atoms with Gasteiger partial charge in [-0.3, -0.25) is 9.59 Å². The monoisotopic (exact) mass is 609 g/mol. The van der Waals surface area contributed by atoms with Crippen LogP contribution in [0.15, 0.2) is 48.5 Å². The van der Waals surface area contributed by atoms with Crippen LogP contribution in [0.5, 0.6) is 0 Å². The molecular weight excluding hydrogens is 584 g/mol. The van der Waals surface area contributed by atoms with Gasteiger partial charge in [-0.2, -0.15) is 0 Å². The maximum absolute atomic E-state index is 13.5. The second kappa shape index (κ2) is 12.4. The summed E-state index contributed by atoms with van der Waals surface area (Å²) < 4.78 is 5.46. The number of hydrogen-bond acceptors (Lipinski definition) is 5. The van der Waals surface area contributed by atoms with Crippen molar-refractivity contribution in [3.8, 4) is 0 Å². The first kappa shape index (κ1) is 30.5. The number of halogens is 4. The summed E-state index contributed by atoms with van der Waals surface area (Å²) >= 11 is 18.5. The number of aromatic amines is 1. The van der Waals surface area contributed by atoms with Gasteiger partial charge in [0.2, 0.25) is 5.95 Å². The van der Waals surface area contributed by atoms with Crippen LogP contribution in [-0.4, -0.2) is 41.0 Å². The molecule has 39 heavy (non-hydrogen) atoms. The number of methoxy groups -OCH3 is 1. The minimum absolute atomic E-state index is 0. The molecule has 4 N–H and O–H groups in total. The number of hydrogen-bond donors (Lipinski definition) is 4. The summed E-state index contributed by atoms with van der Waals surface area (Å²) in [6.07, 6.45) is 0. The summed E-state index contributed by atoms with van der Waals surface area (Å²) in [6, 6.07) is 13.1. The van der Waals surface area contributed by atoms with Crippen LogP contribution in [0.25, 0.3) is 11.0 Å². The molecule has 0 fully saturated rings. The Morgan fingerprint density at radius 1 is 0.974 bits per heavy atom. The van der Waals surface area contributed by atoms with Crippen LogP contribution in [0, 0.1) is 6.92 Å². The third-order valence-electron chi connectivity index (χ3n) is 6.01. The van der Waals surface area contributed by atoms with Crippen LogP contribution in [-0.2, 0) is 4.74 Å². The van der Waals surface area contributed by atoms with Gasteiger partial charge in [0.1, 0.15) is 5.52 Å². The minimum Gasteiger partial charge on any atom is -0.377 e. The first-order chi connectivity index (χ1) is 18.0. The average molecular weight is 611 g/mol. The van der Waals surface area contributed by atoms with E-state index in [0.29, 0.717) is 44.9 Å². The highest BCUT2D eigenvalue weighted by Crippen LogP contribution is 2.29. The van der Waals surface area contributed by atoms with Gasteiger partial charge in [0.25, 0.3) is 11.8 Å². The molecule has 1 heterocycles. The van der Waals surface area contributed by atoms with E-state index in [2.05, 4.69) is 25.9 Å². The normalized spacial score (nSPS) is 11.2. The van der Waals surface area contributed by atoms with Crippen molar-refractivity contribution in [3.05, 3.63) is 80.3 Å². The third kappa shape index (κ3) is 7.15. The number of nitrogens with one attached hydrogen (secondary N) is 4. The molecule has 0 unspecified atom stereocenters. The quantitative estimate of drug-likeness (QED) is 0.164. The maximum atomic E-state index is 13.5. The van der Waals surface area contributed by atoms with Crippen molar-refractivity contribution in [2.75, 3.05) is 29.6 Å². The van der Waals surface area contributed by atoms with E-state index in [1.807, 2.05) is 20.8 Å². The minimum atomic E-state index is -0.478. The van der Waals surface area contributed by atoms with Crippen LogP contribution in [0.2, 0.25) is 15.1 Å². The van der Waals surface area contributed by atoms with Crippen molar-refractivity contribution in [3.63, 3.8) is 0 Å². The van der Waals surface area contributed by atoms with E-state index in [1.54, 1.807) is 49.6 Å². The number of imidazole rings is 1. The van der Waals surface area contributed by atoms with Gasteiger partial charge in [0.15, 0.2) is 0 Å². The highest BCUT2D eigenvalue weighted by Gasteiger charge is 2.21. The Hall–Kier alpha value is -3.01. The van der Waals surface area contributed by atoms with Crippen molar-refractivity contribution in [2.24, 2.45) is 0 Å². The summed E-state index contributed by atoms with van der Waals surface area (Å²) in [6.45, 7) is 6.14. The van der Waals surface area contributed by atoms with Gasteiger partial charge in [-0.15, -0.1) is 12.4 Å². The first-order valence-electron chi connectivity index (χ1n) is 11.6. The van der Waals surface area contributed by atoms with Crippen molar-refractivity contribution in [2.45, 2.75) is 26.4 Å². The summed E-state index contributed by atoms with van der Waals surface area (Å²) in [5.41, 5.74) is 2.59. The molecule has 4 rings (SSSR count). The largest absolute Gasteiger partial charge is 0.377 e. The summed E-state index contributed by atoms with van der Waals surface area (Å²) in [5, 5.41) is 10.0. The SMILES string of the molecule is COC(C)(C)CNc1nc2c(C(=O)Nc3cccc(Cl)c3C)cc(NC(=O)c3cc(Cl)ccc3Cl)cc2[nH]1.Cl. The van der Waals surface area contributed by atoms with E-state index in [1.165, 1.54) is 6.07 Å².